The number of carbonyl (C=O) groups excluding carboxylic acids is 1. The molecule has 0 fully saturated rings. The molecule has 1 N–H and O–H groups in total. The molecule has 1 unspecified atom stereocenters. The molecule has 0 saturated carbocycles. The second-order valence-corrected chi connectivity index (χ2v) is 6.06. The number of aryl methyl sites for hydroxylation is 1. The first-order valence-electron chi connectivity index (χ1n) is 6.74. The van der Waals surface area contributed by atoms with E-state index in [1.807, 2.05) is 33.8 Å². The Kier molecular flexibility index (Phi) is 5.12. The fraction of sp³-hybridized carbons (Fsp3) is 0.562. The average Bonchev–Trinajstić information content (AvgIpc) is 2.26. The molecule has 0 saturated heterocycles. The Morgan fingerprint density at radius 3 is 2.42 bits per heavy atom. The van der Waals surface area contributed by atoms with Crippen LogP contribution >= 0.6 is 0 Å². The molecule has 1 aromatic rings. The van der Waals surface area contributed by atoms with E-state index in [0.717, 1.165) is 0 Å². The van der Waals surface area contributed by atoms with Gasteiger partial charge in [0.2, 0.25) is 0 Å². The highest BCUT2D eigenvalue weighted by molar-refractivity contribution is 5.75. The smallest absolute Gasteiger partial charge is 0.323 e. The average molecular weight is 263 g/mol. The predicted molar refractivity (Wildman–Crippen MR) is 78.0 cm³/mol. The summed E-state index contributed by atoms with van der Waals surface area (Å²) in [4.78, 5) is 11.9. The van der Waals surface area contributed by atoms with Gasteiger partial charge in [-0.05, 0) is 47.1 Å². The molecule has 0 aliphatic carbocycles. The van der Waals surface area contributed by atoms with E-state index in [-0.39, 0.29) is 18.1 Å². The quantitative estimate of drug-likeness (QED) is 0.846. The Labute approximate surface area is 116 Å². The van der Waals surface area contributed by atoms with E-state index in [1.165, 1.54) is 11.1 Å². The summed E-state index contributed by atoms with van der Waals surface area (Å²) in [5.74, 6) is -0.216. The first-order valence-corrected chi connectivity index (χ1v) is 6.74. The Bertz CT molecular complexity index is 435. The zero-order valence-electron chi connectivity index (χ0n) is 12.8. The molecule has 0 aliphatic heterocycles. The minimum absolute atomic E-state index is 0.113. The fourth-order valence-electron chi connectivity index (χ4n) is 1.87. The lowest BCUT2D eigenvalue weighted by atomic mass is 10.1. The Hall–Kier alpha value is -1.35. The van der Waals surface area contributed by atoms with E-state index < -0.39 is 5.60 Å². The van der Waals surface area contributed by atoms with Crippen molar-refractivity contribution in [2.24, 2.45) is 0 Å². The maximum atomic E-state index is 11.9. The molecular weight excluding hydrogens is 238 g/mol. The van der Waals surface area contributed by atoms with Gasteiger partial charge in [-0.15, -0.1) is 0 Å². The van der Waals surface area contributed by atoms with Crippen molar-refractivity contribution in [1.29, 1.82) is 0 Å². The summed E-state index contributed by atoms with van der Waals surface area (Å²) in [7, 11) is 0. The molecule has 1 aromatic carbocycles. The van der Waals surface area contributed by atoms with Crippen LogP contribution in [0.1, 0.15) is 51.8 Å². The van der Waals surface area contributed by atoms with E-state index >= 15 is 0 Å². The second kappa shape index (κ2) is 6.20. The largest absolute Gasteiger partial charge is 0.459 e. The molecule has 19 heavy (non-hydrogen) atoms. The van der Waals surface area contributed by atoms with Gasteiger partial charge in [-0.1, -0.05) is 29.8 Å². The molecule has 0 amide bonds. The molecule has 0 aromatic heterocycles. The second-order valence-electron chi connectivity index (χ2n) is 6.06. The van der Waals surface area contributed by atoms with Gasteiger partial charge >= 0.3 is 5.97 Å². The highest BCUT2D eigenvalue weighted by atomic mass is 16.6. The predicted octanol–water partition coefficient (Wildman–Crippen LogP) is 3.38. The molecule has 2 atom stereocenters. The number of carbonyl (C=O) groups is 1. The summed E-state index contributed by atoms with van der Waals surface area (Å²) in [5, 5.41) is 3.27. The summed E-state index contributed by atoms with van der Waals surface area (Å²) >= 11 is 0. The zero-order chi connectivity index (χ0) is 14.6. The fourth-order valence-corrected chi connectivity index (χ4v) is 1.87. The van der Waals surface area contributed by atoms with Gasteiger partial charge in [-0.3, -0.25) is 10.1 Å². The number of rotatable bonds is 4. The summed E-state index contributed by atoms with van der Waals surface area (Å²) in [6.07, 6.45) is 0. The highest BCUT2D eigenvalue weighted by Gasteiger charge is 2.22. The number of benzene rings is 1. The van der Waals surface area contributed by atoms with Crippen molar-refractivity contribution in [3.8, 4) is 0 Å². The van der Waals surface area contributed by atoms with E-state index in [9.17, 15) is 4.79 Å². The summed E-state index contributed by atoms with van der Waals surface area (Å²) in [6, 6.07) is 8.07. The molecule has 3 nitrogen and oxygen atoms in total. The Balaban J connectivity index is 2.61. The Morgan fingerprint density at radius 2 is 1.89 bits per heavy atom. The van der Waals surface area contributed by atoms with Crippen molar-refractivity contribution in [1.82, 2.24) is 5.32 Å². The molecule has 0 spiro atoms. The van der Waals surface area contributed by atoms with Gasteiger partial charge in [0.05, 0.1) is 0 Å². The van der Waals surface area contributed by atoms with Crippen LogP contribution in [0.15, 0.2) is 24.3 Å². The van der Waals surface area contributed by atoms with E-state index in [2.05, 4.69) is 37.4 Å². The van der Waals surface area contributed by atoms with Crippen LogP contribution in [0.3, 0.4) is 0 Å². The first kappa shape index (κ1) is 15.7. The third-order valence-electron chi connectivity index (χ3n) is 2.80. The van der Waals surface area contributed by atoms with Crippen LogP contribution in [-0.4, -0.2) is 17.6 Å². The standard InChI is InChI=1S/C16H25NO2/c1-11-8-7-9-14(10-11)12(2)17-13(3)15(18)19-16(4,5)6/h7-10,12-13,17H,1-6H3/t12-,13?/m0/s1. The van der Waals surface area contributed by atoms with Gasteiger partial charge in [-0.2, -0.15) is 0 Å². The molecule has 1 rings (SSSR count). The molecule has 3 heteroatoms. The molecular formula is C16H25NO2. The van der Waals surface area contributed by atoms with Crippen LogP contribution < -0.4 is 5.32 Å². The van der Waals surface area contributed by atoms with E-state index in [4.69, 9.17) is 4.74 Å². The number of hydrogen-bond acceptors (Lipinski definition) is 3. The SMILES string of the molecule is Cc1cccc([C@H](C)NC(C)C(=O)OC(C)(C)C)c1. The van der Waals surface area contributed by atoms with Crippen LogP contribution in [0.4, 0.5) is 0 Å². The van der Waals surface area contributed by atoms with Crippen LogP contribution in [0.5, 0.6) is 0 Å². The van der Waals surface area contributed by atoms with Crippen LogP contribution in [0, 0.1) is 6.92 Å². The van der Waals surface area contributed by atoms with Crippen LogP contribution in [-0.2, 0) is 9.53 Å². The number of hydrogen-bond donors (Lipinski definition) is 1. The topological polar surface area (TPSA) is 38.3 Å². The molecule has 106 valence electrons. The van der Waals surface area contributed by atoms with Gasteiger partial charge in [0.15, 0.2) is 0 Å². The normalized spacial score (nSPS) is 14.8. The van der Waals surface area contributed by atoms with Crippen molar-refractivity contribution in [3.63, 3.8) is 0 Å². The van der Waals surface area contributed by atoms with Crippen LogP contribution in [0.2, 0.25) is 0 Å². The number of esters is 1. The van der Waals surface area contributed by atoms with Crippen molar-refractivity contribution in [2.45, 2.75) is 59.2 Å². The van der Waals surface area contributed by atoms with Crippen molar-refractivity contribution < 1.29 is 9.53 Å². The lowest BCUT2D eigenvalue weighted by Gasteiger charge is -2.25. The third kappa shape index (κ3) is 5.43. The van der Waals surface area contributed by atoms with Crippen molar-refractivity contribution in [2.75, 3.05) is 0 Å². The van der Waals surface area contributed by atoms with Crippen molar-refractivity contribution >= 4 is 5.97 Å². The number of ether oxygens (including phenoxy) is 1. The minimum Gasteiger partial charge on any atom is -0.459 e. The molecule has 0 heterocycles. The summed E-state index contributed by atoms with van der Waals surface area (Å²) < 4.78 is 5.36. The molecule has 0 aliphatic rings. The van der Waals surface area contributed by atoms with Gasteiger partial charge in [-0.25, -0.2) is 0 Å². The highest BCUT2D eigenvalue weighted by Crippen LogP contribution is 2.15. The van der Waals surface area contributed by atoms with Gasteiger partial charge in [0.25, 0.3) is 0 Å². The monoisotopic (exact) mass is 263 g/mol. The van der Waals surface area contributed by atoms with Gasteiger partial charge in [0, 0.05) is 6.04 Å². The Morgan fingerprint density at radius 1 is 1.26 bits per heavy atom. The van der Waals surface area contributed by atoms with Crippen molar-refractivity contribution in [3.05, 3.63) is 35.4 Å². The van der Waals surface area contributed by atoms with Gasteiger partial charge < -0.3 is 4.74 Å². The lowest BCUT2D eigenvalue weighted by molar-refractivity contribution is -0.157. The molecule has 0 radical (unpaired) electrons. The van der Waals surface area contributed by atoms with Crippen LogP contribution in [0.25, 0.3) is 0 Å². The minimum atomic E-state index is -0.445. The molecule has 0 bridgehead atoms. The maximum absolute atomic E-state index is 11.9. The van der Waals surface area contributed by atoms with Gasteiger partial charge in [0.1, 0.15) is 11.6 Å². The zero-order valence-corrected chi connectivity index (χ0v) is 12.8. The third-order valence-corrected chi connectivity index (χ3v) is 2.80. The lowest BCUT2D eigenvalue weighted by Crippen LogP contribution is -2.40. The van der Waals surface area contributed by atoms with E-state index in [0.29, 0.717) is 0 Å². The summed E-state index contributed by atoms with van der Waals surface area (Å²) in [6.45, 7) is 11.6. The maximum Gasteiger partial charge on any atom is 0.323 e. The van der Waals surface area contributed by atoms with E-state index in [1.54, 1.807) is 0 Å². The summed E-state index contributed by atoms with van der Waals surface area (Å²) in [5.41, 5.74) is 1.95. The first-order chi connectivity index (χ1) is 8.69. The number of nitrogens with one attached hydrogen (secondary N) is 1.